The van der Waals surface area contributed by atoms with Crippen LogP contribution in [0, 0.1) is 0 Å². The molecule has 1 heterocycles. The highest BCUT2D eigenvalue weighted by molar-refractivity contribution is 7.87. The second-order valence-electron chi connectivity index (χ2n) is 5.00. The maximum Gasteiger partial charge on any atom is 0.428 e. The molecule has 130 valence electrons. The van der Waals surface area contributed by atoms with Crippen molar-refractivity contribution < 1.29 is 30.2 Å². The molecule has 1 rings (SSSR count). The molecule has 0 amide bonds. The number of nitrogens with zero attached hydrogens (tertiary/aromatic N) is 2. The Morgan fingerprint density at radius 1 is 1.23 bits per heavy atom. The van der Waals surface area contributed by atoms with Gasteiger partial charge in [-0.05, 0) is 6.42 Å². The van der Waals surface area contributed by atoms with Gasteiger partial charge in [0.25, 0.3) is 0 Å². The van der Waals surface area contributed by atoms with Crippen LogP contribution in [0.15, 0.2) is 12.4 Å². The first kappa shape index (κ1) is 19.0. The molecule has 0 spiro atoms. The van der Waals surface area contributed by atoms with Gasteiger partial charge in [-0.25, -0.2) is 13.0 Å². The number of alkyl halides is 4. The number of unbranched alkanes of at least 4 members (excludes halogenated alkanes) is 3. The van der Waals surface area contributed by atoms with E-state index in [1.165, 1.54) is 29.2 Å². The Balaban J connectivity index is 2.72. The fourth-order valence-electron chi connectivity index (χ4n) is 1.89. The summed E-state index contributed by atoms with van der Waals surface area (Å²) in [5.41, 5.74) is 0. The molecule has 0 radical (unpaired) electrons. The zero-order valence-corrected chi connectivity index (χ0v) is 13.2. The van der Waals surface area contributed by atoms with Crippen molar-refractivity contribution >= 4 is 10.1 Å². The molecule has 0 saturated heterocycles. The molecular weight excluding hydrogens is 328 g/mol. The lowest BCUT2D eigenvalue weighted by molar-refractivity contribution is -0.0852. The van der Waals surface area contributed by atoms with Crippen LogP contribution in [0.3, 0.4) is 0 Å². The van der Waals surface area contributed by atoms with E-state index >= 15 is 0 Å². The van der Waals surface area contributed by atoms with Crippen LogP contribution in [0.5, 0.6) is 0 Å². The third kappa shape index (κ3) is 4.25. The molecule has 0 aliphatic carbocycles. The van der Waals surface area contributed by atoms with E-state index in [2.05, 4.69) is 4.18 Å². The molecule has 0 aromatic carbocycles. The quantitative estimate of drug-likeness (QED) is 0.364. The summed E-state index contributed by atoms with van der Waals surface area (Å²) in [6, 6.07) is 0. The Hall–Kier alpha value is -1.03. The molecule has 0 aromatic heterocycles. The fraction of sp³-hybridized carbons (Fsp3) is 0.833. The van der Waals surface area contributed by atoms with Gasteiger partial charge in [0.15, 0.2) is 0 Å². The molecule has 1 aliphatic heterocycles. The first-order valence-electron chi connectivity index (χ1n) is 6.88. The van der Waals surface area contributed by atoms with Crippen molar-refractivity contribution in [2.24, 2.45) is 0 Å². The first-order chi connectivity index (χ1) is 10.1. The normalized spacial score (nSPS) is 19.5. The summed E-state index contributed by atoms with van der Waals surface area (Å²) in [5.74, 6) is 0. The van der Waals surface area contributed by atoms with E-state index in [9.17, 15) is 26.0 Å². The molecule has 0 bridgehead atoms. The molecule has 5 nitrogen and oxygen atoms in total. The van der Waals surface area contributed by atoms with Gasteiger partial charge in [-0.2, -0.15) is 17.2 Å². The minimum atomic E-state index is -5.75. The van der Waals surface area contributed by atoms with Gasteiger partial charge in [0.1, 0.15) is 0 Å². The summed E-state index contributed by atoms with van der Waals surface area (Å²) in [6.07, 6.45) is 0.763. The monoisotopic (exact) mass is 348 g/mol. The van der Waals surface area contributed by atoms with E-state index in [1.54, 1.807) is 0 Å². The number of halogens is 4. The zero-order chi connectivity index (χ0) is 17.0. The Kier molecular flexibility index (Phi) is 6.48. The van der Waals surface area contributed by atoms with E-state index in [4.69, 9.17) is 0 Å². The molecule has 1 unspecified atom stereocenters. The number of rotatable bonds is 9. The van der Waals surface area contributed by atoms with Crippen molar-refractivity contribution in [1.82, 2.24) is 9.80 Å². The Bertz CT molecular complexity index is 485. The molecule has 22 heavy (non-hydrogen) atoms. The maximum absolute atomic E-state index is 13.1. The lowest BCUT2D eigenvalue weighted by Crippen LogP contribution is -2.46. The Morgan fingerprint density at radius 2 is 1.86 bits per heavy atom. The predicted octanol–water partition coefficient (Wildman–Crippen LogP) is 2.77. The molecule has 0 fully saturated rings. The van der Waals surface area contributed by atoms with Gasteiger partial charge in [0.05, 0.1) is 0 Å². The predicted molar refractivity (Wildman–Crippen MR) is 72.5 cm³/mol. The van der Waals surface area contributed by atoms with Crippen molar-refractivity contribution in [3.05, 3.63) is 12.4 Å². The van der Waals surface area contributed by atoms with Gasteiger partial charge in [0.2, 0.25) is 6.35 Å². The summed E-state index contributed by atoms with van der Waals surface area (Å²) in [6.45, 7) is 2.40. The average molecular weight is 348 g/mol. The minimum Gasteiger partial charge on any atom is -0.336 e. The molecule has 0 aromatic rings. The van der Waals surface area contributed by atoms with Crippen molar-refractivity contribution in [3.8, 4) is 0 Å². The van der Waals surface area contributed by atoms with Crippen LogP contribution in [0.4, 0.5) is 17.6 Å². The van der Waals surface area contributed by atoms with Gasteiger partial charge in [-0.1, -0.05) is 26.2 Å². The molecular formula is C12H20F4N2O3S. The summed E-state index contributed by atoms with van der Waals surface area (Å²) >= 11 is 0. The summed E-state index contributed by atoms with van der Waals surface area (Å²) in [4.78, 5) is 2.60. The zero-order valence-electron chi connectivity index (χ0n) is 12.4. The average Bonchev–Trinajstić information content (AvgIpc) is 2.75. The molecule has 1 aliphatic rings. The van der Waals surface area contributed by atoms with Crippen LogP contribution in [0.2, 0.25) is 0 Å². The fourth-order valence-corrected chi connectivity index (χ4v) is 2.71. The SMILES string of the molecule is CCCCCCN1C=CN(C)C1OS(=O)(=O)C(F)(F)C(F)F. The van der Waals surface area contributed by atoms with Gasteiger partial charge in [-0.3, -0.25) is 0 Å². The highest BCUT2D eigenvalue weighted by Gasteiger charge is 2.57. The smallest absolute Gasteiger partial charge is 0.336 e. The molecule has 10 heteroatoms. The molecule has 0 N–H and O–H groups in total. The highest BCUT2D eigenvalue weighted by Crippen LogP contribution is 2.32. The van der Waals surface area contributed by atoms with Crippen LogP contribution in [-0.2, 0) is 14.3 Å². The van der Waals surface area contributed by atoms with E-state index in [-0.39, 0.29) is 0 Å². The van der Waals surface area contributed by atoms with Gasteiger partial charge in [0, 0.05) is 26.0 Å². The van der Waals surface area contributed by atoms with Crippen molar-refractivity contribution in [1.29, 1.82) is 0 Å². The summed E-state index contributed by atoms with van der Waals surface area (Å²) in [5, 5.41) is -5.25. The Morgan fingerprint density at radius 3 is 2.41 bits per heavy atom. The third-order valence-electron chi connectivity index (χ3n) is 3.20. The van der Waals surface area contributed by atoms with Crippen LogP contribution in [-0.4, -0.2) is 49.8 Å². The van der Waals surface area contributed by atoms with Gasteiger partial charge >= 0.3 is 21.8 Å². The molecule has 1 atom stereocenters. The van der Waals surface area contributed by atoms with Crippen molar-refractivity contribution in [2.45, 2.75) is 50.6 Å². The maximum atomic E-state index is 13.1. The van der Waals surface area contributed by atoms with Crippen molar-refractivity contribution in [2.75, 3.05) is 13.6 Å². The number of hydrogen-bond donors (Lipinski definition) is 0. The van der Waals surface area contributed by atoms with Gasteiger partial charge in [-0.15, -0.1) is 0 Å². The lowest BCUT2D eigenvalue weighted by atomic mass is 10.2. The topological polar surface area (TPSA) is 49.9 Å². The van der Waals surface area contributed by atoms with E-state index < -0.39 is 28.1 Å². The van der Waals surface area contributed by atoms with Crippen LogP contribution in [0.25, 0.3) is 0 Å². The Labute approximate surface area is 127 Å². The second-order valence-corrected chi connectivity index (χ2v) is 6.65. The van der Waals surface area contributed by atoms with Crippen LogP contribution >= 0.6 is 0 Å². The van der Waals surface area contributed by atoms with Crippen LogP contribution < -0.4 is 0 Å². The van der Waals surface area contributed by atoms with E-state index in [0.29, 0.717) is 13.0 Å². The minimum absolute atomic E-state index is 0.376. The van der Waals surface area contributed by atoms with E-state index in [0.717, 1.165) is 19.3 Å². The highest BCUT2D eigenvalue weighted by atomic mass is 32.2. The van der Waals surface area contributed by atoms with Crippen LogP contribution in [0.1, 0.15) is 32.6 Å². The standard InChI is InChI=1S/C12H20F4N2O3S/c1-3-4-5-6-7-18-9-8-17(2)11(18)21-22(19,20)12(15,16)10(13)14/h8-11H,3-7H2,1-2H3. The summed E-state index contributed by atoms with van der Waals surface area (Å²) in [7, 11) is -4.34. The van der Waals surface area contributed by atoms with Gasteiger partial charge < -0.3 is 9.80 Å². The lowest BCUT2D eigenvalue weighted by Gasteiger charge is -2.30. The largest absolute Gasteiger partial charge is 0.428 e. The summed E-state index contributed by atoms with van der Waals surface area (Å²) < 4.78 is 77.7. The third-order valence-corrected chi connectivity index (χ3v) is 4.47. The van der Waals surface area contributed by atoms with E-state index in [1.807, 2.05) is 6.92 Å². The number of hydrogen-bond acceptors (Lipinski definition) is 5. The second kappa shape index (κ2) is 7.49. The molecule has 0 saturated carbocycles. The first-order valence-corrected chi connectivity index (χ1v) is 8.29. The van der Waals surface area contributed by atoms with Crippen molar-refractivity contribution in [3.63, 3.8) is 0 Å².